The molecule has 21 heavy (non-hydrogen) atoms. The number of alkyl halides is 3. The lowest BCUT2D eigenvalue weighted by Crippen LogP contribution is -2.05. The summed E-state index contributed by atoms with van der Waals surface area (Å²) in [6, 6.07) is 13.7. The molecule has 2 aromatic rings. The number of nitrogens with two attached hydrogens (primary N) is 1. The number of hydrogen-bond donors (Lipinski definition) is 1. The number of anilines is 1. The molecule has 0 radical (unpaired) electrons. The number of benzene rings is 2. The van der Waals surface area contributed by atoms with Crippen LogP contribution in [0.3, 0.4) is 0 Å². The van der Waals surface area contributed by atoms with Crippen LogP contribution in [0.15, 0.2) is 53.4 Å². The summed E-state index contributed by atoms with van der Waals surface area (Å²) in [7, 11) is 0. The monoisotopic (exact) mass is 309 g/mol. The molecule has 3 rings (SSSR count). The van der Waals surface area contributed by atoms with Crippen LogP contribution in [-0.2, 0) is 6.18 Å². The van der Waals surface area contributed by atoms with E-state index in [-0.39, 0.29) is 5.69 Å². The molecule has 2 atom stereocenters. The molecular formula is C16H14F3NS. The second-order valence-electron chi connectivity index (χ2n) is 5.16. The van der Waals surface area contributed by atoms with Crippen molar-refractivity contribution in [3.63, 3.8) is 0 Å². The van der Waals surface area contributed by atoms with Crippen LogP contribution in [0.25, 0.3) is 0 Å². The van der Waals surface area contributed by atoms with Crippen molar-refractivity contribution in [1.29, 1.82) is 0 Å². The molecule has 5 heteroatoms. The Balaban J connectivity index is 1.70. The average Bonchev–Trinajstić information content (AvgIpc) is 3.20. The van der Waals surface area contributed by atoms with Gasteiger partial charge in [-0.25, -0.2) is 0 Å². The highest BCUT2D eigenvalue weighted by molar-refractivity contribution is 8.00. The van der Waals surface area contributed by atoms with Crippen LogP contribution in [0, 0.1) is 0 Å². The molecule has 2 N–H and O–H groups in total. The predicted octanol–water partition coefficient (Wildman–Crippen LogP) is 4.94. The van der Waals surface area contributed by atoms with Gasteiger partial charge in [0.25, 0.3) is 0 Å². The van der Waals surface area contributed by atoms with Gasteiger partial charge in [0.1, 0.15) is 0 Å². The van der Waals surface area contributed by atoms with E-state index in [1.165, 1.54) is 11.6 Å². The fraction of sp³-hybridized carbons (Fsp3) is 0.250. The quantitative estimate of drug-likeness (QED) is 0.813. The van der Waals surface area contributed by atoms with Crippen LogP contribution in [0.5, 0.6) is 0 Å². The van der Waals surface area contributed by atoms with E-state index in [1.54, 1.807) is 11.8 Å². The van der Waals surface area contributed by atoms with Crippen LogP contribution >= 0.6 is 11.8 Å². The van der Waals surface area contributed by atoms with Crippen molar-refractivity contribution in [3.05, 3.63) is 59.7 Å². The maximum atomic E-state index is 12.6. The fourth-order valence-corrected chi connectivity index (χ4v) is 3.64. The average molecular weight is 309 g/mol. The van der Waals surface area contributed by atoms with Crippen molar-refractivity contribution in [1.82, 2.24) is 0 Å². The molecular weight excluding hydrogens is 295 g/mol. The largest absolute Gasteiger partial charge is 0.416 e. The minimum atomic E-state index is -4.34. The topological polar surface area (TPSA) is 26.0 Å². The minimum absolute atomic E-state index is 0.202. The molecule has 0 amide bonds. The van der Waals surface area contributed by atoms with Crippen LogP contribution in [-0.4, -0.2) is 5.25 Å². The van der Waals surface area contributed by atoms with E-state index in [2.05, 4.69) is 12.1 Å². The van der Waals surface area contributed by atoms with E-state index in [0.29, 0.717) is 11.2 Å². The summed E-state index contributed by atoms with van der Waals surface area (Å²) < 4.78 is 37.8. The zero-order valence-electron chi connectivity index (χ0n) is 11.1. The standard InChI is InChI=1S/C16H14F3NS/c17-16(18,19)11-6-7-14(13(20)8-11)21-15-9-12(15)10-4-2-1-3-5-10/h1-8,12,15H,9,20H2. The van der Waals surface area contributed by atoms with Gasteiger partial charge < -0.3 is 5.73 Å². The Labute approximate surface area is 125 Å². The van der Waals surface area contributed by atoms with E-state index in [0.717, 1.165) is 23.4 Å². The van der Waals surface area contributed by atoms with Gasteiger partial charge >= 0.3 is 6.18 Å². The van der Waals surface area contributed by atoms with Crippen LogP contribution in [0.1, 0.15) is 23.5 Å². The second kappa shape index (κ2) is 5.30. The normalized spacial score (nSPS) is 21.3. The lowest BCUT2D eigenvalue weighted by molar-refractivity contribution is -0.137. The van der Waals surface area contributed by atoms with Crippen LogP contribution in [0.4, 0.5) is 18.9 Å². The molecule has 1 aliphatic rings. The Hall–Kier alpha value is -1.62. The van der Waals surface area contributed by atoms with Gasteiger partial charge in [-0.1, -0.05) is 30.3 Å². The smallest absolute Gasteiger partial charge is 0.398 e. The zero-order valence-corrected chi connectivity index (χ0v) is 11.9. The number of rotatable bonds is 3. The van der Waals surface area contributed by atoms with Crippen LogP contribution in [0.2, 0.25) is 0 Å². The highest BCUT2D eigenvalue weighted by atomic mass is 32.2. The molecule has 0 aromatic heterocycles. The molecule has 1 fully saturated rings. The van der Waals surface area contributed by atoms with Gasteiger partial charge in [0.2, 0.25) is 0 Å². The van der Waals surface area contributed by atoms with Crippen molar-refractivity contribution in [2.45, 2.75) is 28.7 Å². The van der Waals surface area contributed by atoms with Gasteiger partial charge in [0.05, 0.1) is 5.56 Å². The third-order valence-corrected chi connectivity index (χ3v) is 5.02. The molecule has 0 spiro atoms. The molecule has 1 aliphatic carbocycles. The van der Waals surface area contributed by atoms with E-state index >= 15 is 0 Å². The summed E-state index contributed by atoms with van der Waals surface area (Å²) in [4.78, 5) is 0.728. The Bertz CT molecular complexity index is 640. The molecule has 1 saturated carbocycles. The predicted molar refractivity (Wildman–Crippen MR) is 79.3 cm³/mol. The molecule has 0 aliphatic heterocycles. The number of hydrogen-bond acceptors (Lipinski definition) is 2. The van der Waals surface area contributed by atoms with Gasteiger partial charge in [-0.15, -0.1) is 11.8 Å². The van der Waals surface area contributed by atoms with Crippen LogP contribution < -0.4 is 5.73 Å². The van der Waals surface area contributed by atoms with Crippen molar-refractivity contribution in [2.75, 3.05) is 5.73 Å². The first-order valence-corrected chi connectivity index (χ1v) is 7.51. The van der Waals surface area contributed by atoms with Gasteiger partial charge in [0.15, 0.2) is 0 Å². The van der Waals surface area contributed by atoms with E-state index in [1.807, 2.05) is 18.2 Å². The minimum Gasteiger partial charge on any atom is -0.398 e. The highest BCUT2D eigenvalue weighted by Gasteiger charge is 2.39. The maximum Gasteiger partial charge on any atom is 0.416 e. The van der Waals surface area contributed by atoms with Crippen molar-refractivity contribution in [2.24, 2.45) is 0 Å². The zero-order chi connectivity index (χ0) is 15.0. The molecule has 110 valence electrons. The van der Waals surface area contributed by atoms with Gasteiger partial charge in [0, 0.05) is 15.8 Å². The highest BCUT2D eigenvalue weighted by Crippen LogP contribution is 2.52. The Morgan fingerprint density at radius 3 is 2.38 bits per heavy atom. The van der Waals surface area contributed by atoms with Gasteiger partial charge in [-0.3, -0.25) is 0 Å². The van der Waals surface area contributed by atoms with E-state index in [4.69, 9.17) is 5.73 Å². The third kappa shape index (κ3) is 3.18. The SMILES string of the molecule is Nc1cc(C(F)(F)F)ccc1SC1CC1c1ccccc1. The first kappa shape index (κ1) is 14.3. The number of thioether (sulfide) groups is 1. The molecule has 0 saturated heterocycles. The molecule has 2 unspecified atom stereocenters. The summed E-state index contributed by atoms with van der Waals surface area (Å²) in [5.41, 5.74) is 6.54. The van der Waals surface area contributed by atoms with Crippen molar-refractivity contribution in [3.8, 4) is 0 Å². The van der Waals surface area contributed by atoms with Gasteiger partial charge in [-0.05, 0) is 36.1 Å². The summed E-state index contributed by atoms with van der Waals surface area (Å²) in [5, 5.41) is 0.395. The Morgan fingerprint density at radius 1 is 1.05 bits per heavy atom. The number of halogens is 3. The number of nitrogen functional groups attached to an aromatic ring is 1. The molecule has 0 bridgehead atoms. The van der Waals surface area contributed by atoms with E-state index in [9.17, 15) is 13.2 Å². The third-order valence-electron chi connectivity index (χ3n) is 3.58. The molecule has 2 aromatic carbocycles. The fourth-order valence-electron chi connectivity index (χ4n) is 2.35. The first-order chi connectivity index (χ1) is 9.95. The van der Waals surface area contributed by atoms with E-state index < -0.39 is 11.7 Å². The van der Waals surface area contributed by atoms with Crippen molar-refractivity contribution < 1.29 is 13.2 Å². The van der Waals surface area contributed by atoms with Crippen molar-refractivity contribution >= 4 is 17.4 Å². The summed E-state index contributed by atoms with van der Waals surface area (Å²) in [5.74, 6) is 0.470. The molecule has 0 heterocycles. The Morgan fingerprint density at radius 2 is 1.76 bits per heavy atom. The maximum absolute atomic E-state index is 12.6. The lowest BCUT2D eigenvalue weighted by Gasteiger charge is -2.10. The Kier molecular flexibility index (Phi) is 3.61. The summed E-state index contributed by atoms with van der Waals surface area (Å²) >= 11 is 1.57. The first-order valence-electron chi connectivity index (χ1n) is 6.63. The summed E-state index contributed by atoms with van der Waals surface area (Å²) in [6.07, 6.45) is -3.31. The molecule has 1 nitrogen and oxygen atoms in total. The lowest BCUT2D eigenvalue weighted by atomic mass is 10.1. The second-order valence-corrected chi connectivity index (χ2v) is 6.44. The van der Waals surface area contributed by atoms with Gasteiger partial charge in [-0.2, -0.15) is 13.2 Å². The summed E-state index contributed by atoms with van der Waals surface area (Å²) in [6.45, 7) is 0.